The first-order chi connectivity index (χ1) is 10.7. The highest BCUT2D eigenvalue weighted by Gasteiger charge is 2.22. The highest BCUT2D eigenvalue weighted by molar-refractivity contribution is 5.75. The van der Waals surface area contributed by atoms with E-state index >= 15 is 0 Å². The number of rotatable bonds is 4. The van der Waals surface area contributed by atoms with Crippen molar-refractivity contribution in [1.82, 2.24) is 0 Å². The Bertz CT molecular complexity index is 666. The largest absolute Gasteiger partial charge is 0.494 e. The third-order valence-corrected chi connectivity index (χ3v) is 4.18. The number of nitrogens with two attached hydrogens (primary N) is 1. The van der Waals surface area contributed by atoms with E-state index in [1.165, 1.54) is 16.7 Å². The van der Waals surface area contributed by atoms with Crippen LogP contribution in [-0.4, -0.2) is 19.3 Å². The molecule has 0 bridgehead atoms. The number of fused-ring (bicyclic) bond motifs is 1. The van der Waals surface area contributed by atoms with Gasteiger partial charge in [-0.1, -0.05) is 24.3 Å². The number of hydrogen-bond donors (Lipinski definition) is 1. The highest BCUT2D eigenvalue weighted by Crippen LogP contribution is 2.39. The van der Waals surface area contributed by atoms with Gasteiger partial charge in [0.05, 0.1) is 6.61 Å². The predicted octanol–water partition coefficient (Wildman–Crippen LogP) is 3.71. The summed E-state index contributed by atoms with van der Waals surface area (Å²) >= 11 is 0. The van der Waals surface area contributed by atoms with E-state index in [9.17, 15) is 0 Å². The van der Waals surface area contributed by atoms with E-state index in [4.69, 9.17) is 15.2 Å². The minimum Gasteiger partial charge on any atom is -0.494 e. The summed E-state index contributed by atoms with van der Waals surface area (Å²) in [6.07, 6.45) is 2.15. The molecule has 0 spiro atoms. The summed E-state index contributed by atoms with van der Waals surface area (Å²) in [5.41, 5.74) is 10.6. The van der Waals surface area contributed by atoms with Gasteiger partial charge in [-0.25, -0.2) is 0 Å². The van der Waals surface area contributed by atoms with Gasteiger partial charge in [-0.05, 0) is 55.5 Å². The molecular formula is C19H23NO2. The van der Waals surface area contributed by atoms with E-state index in [2.05, 4.69) is 37.3 Å². The Labute approximate surface area is 132 Å². The second-order valence-corrected chi connectivity index (χ2v) is 5.72. The molecule has 3 heteroatoms. The Hall–Kier alpha value is -2.00. The fraction of sp³-hybridized carbons (Fsp3) is 0.368. The number of para-hydroxylation sites is 1. The van der Waals surface area contributed by atoms with Gasteiger partial charge in [-0.15, -0.1) is 0 Å². The molecule has 116 valence electrons. The average Bonchev–Trinajstić information content (AvgIpc) is 2.54. The van der Waals surface area contributed by atoms with Gasteiger partial charge in [0, 0.05) is 12.1 Å². The molecule has 3 nitrogen and oxygen atoms in total. The first-order valence-corrected chi connectivity index (χ1v) is 7.95. The van der Waals surface area contributed by atoms with Gasteiger partial charge in [0.25, 0.3) is 0 Å². The van der Waals surface area contributed by atoms with Crippen LogP contribution in [0.1, 0.15) is 24.5 Å². The molecule has 3 rings (SSSR count). The summed E-state index contributed by atoms with van der Waals surface area (Å²) in [7, 11) is 0. The highest BCUT2D eigenvalue weighted by atomic mass is 16.5. The van der Waals surface area contributed by atoms with Crippen LogP contribution in [0.5, 0.6) is 11.5 Å². The van der Waals surface area contributed by atoms with Gasteiger partial charge in [0.1, 0.15) is 17.6 Å². The van der Waals surface area contributed by atoms with Crippen LogP contribution >= 0.6 is 0 Å². The van der Waals surface area contributed by atoms with Crippen molar-refractivity contribution in [3.05, 3.63) is 47.5 Å². The number of ether oxygens (including phenoxy) is 2. The molecule has 0 saturated heterocycles. The van der Waals surface area contributed by atoms with E-state index in [1.807, 2.05) is 13.0 Å². The maximum atomic E-state index is 6.14. The lowest BCUT2D eigenvalue weighted by Crippen LogP contribution is -2.30. The van der Waals surface area contributed by atoms with Gasteiger partial charge in [-0.2, -0.15) is 0 Å². The van der Waals surface area contributed by atoms with E-state index in [0.29, 0.717) is 13.2 Å². The summed E-state index contributed by atoms with van der Waals surface area (Å²) in [5.74, 6) is 1.91. The van der Waals surface area contributed by atoms with Crippen molar-refractivity contribution in [2.75, 3.05) is 13.2 Å². The van der Waals surface area contributed by atoms with Gasteiger partial charge in [0.15, 0.2) is 0 Å². The lowest BCUT2D eigenvalue weighted by atomic mass is 9.93. The molecule has 1 aliphatic heterocycles. The Kier molecular flexibility index (Phi) is 4.34. The van der Waals surface area contributed by atoms with Gasteiger partial charge < -0.3 is 15.2 Å². The average molecular weight is 297 g/mol. The predicted molar refractivity (Wildman–Crippen MR) is 89.6 cm³/mol. The van der Waals surface area contributed by atoms with E-state index in [1.54, 1.807) is 0 Å². The Morgan fingerprint density at radius 3 is 2.82 bits per heavy atom. The summed E-state index contributed by atoms with van der Waals surface area (Å²) in [6, 6.07) is 12.6. The second-order valence-electron chi connectivity index (χ2n) is 5.72. The first kappa shape index (κ1) is 14.9. The van der Waals surface area contributed by atoms with Crippen molar-refractivity contribution < 1.29 is 9.47 Å². The molecule has 1 heterocycles. The maximum Gasteiger partial charge on any atom is 0.130 e. The molecule has 2 aromatic rings. The van der Waals surface area contributed by atoms with Crippen LogP contribution in [-0.2, 0) is 6.42 Å². The van der Waals surface area contributed by atoms with Crippen LogP contribution in [0.25, 0.3) is 11.1 Å². The van der Waals surface area contributed by atoms with E-state index in [0.717, 1.165) is 29.9 Å². The summed E-state index contributed by atoms with van der Waals surface area (Å²) in [6.45, 7) is 5.36. The minimum atomic E-state index is 0.122. The molecule has 1 atom stereocenters. The third kappa shape index (κ3) is 2.81. The number of aryl methyl sites for hydroxylation is 2. The lowest BCUT2D eigenvalue weighted by Gasteiger charge is -2.27. The van der Waals surface area contributed by atoms with Crippen LogP contribution in [0.15, 0.2) is 36.4 Å². The van der Waals surface area contributed by atoms with Crippen LogP contribution < -0.4 is 15.2 Å². The third-order valence-electron chi connectivity index (χ3n) is 4.18. The zero-order valence-corrected chi connectivity index (χ0v) is 13.3. The molecule has 0 unspecified atom stereocenters. The fourth-order valence-corrected chi connectivity index (χ4v) is 3.04. The van der Waals surface area contributed by atoms with Crippen LogP contribution in [0.4, 0.5) is 0 Å². The van der Waals surface area contributed by atoms with Crippen LogP contribution in [0, 0.1) is 6.92 Å². The molecule has 1 aliphatic rings. The van der Waals surface area contributed by atoms with Crippen LogP contribution in [0.3, 0.4) is 0 Å². The molecular weight excluding hydrogens is 274 g/mol. The Morgan fingerprint density at radius 1 is 1.23 bits per heavy atom. The molecule has 0 saturated carbocycles. The molecule has 0 amide bonds. The molecule has 0 radical (unpaired) electrons. The maximum absolute atomic E-state index is 6.14. The summed E-state index contributed by atoms with van der Waals surface area (Å²) in [5, 5.41) is 0. The zero-order valence-electron chi connectivity index (χ0n) is 13.3. The van der Waals surface area contributed by atoms with Crippen molar-refractivity contribution in [3.63, 3.8) is 0 Å². The standard InChI is InChI=1S/C19H23NO2/c1-3-21-15-9-10-17(13(2)11-15)18-6-4-5-14-7-8-16(12-20)22-19(14)18/h4-6,9-11,16H,3,7-8,12,20H2,1-2H3/t16-/m1/s1. The van der Waals surface area contributed by atoms with Crippen molar-refractivity contribution in [3.8, 4) is 22.6 Å². The van der Waals surface area contributed by atoms with Crippen molar-refractivity contribution in [2.45, 2.75) is 32.8 Å². The van der Waals surface area contributed by atoms with Crippen molar-refractivity contribution in [2.24, 2.45) is 5.73 Å². The molecule has 0 aromatic heterocycles. The Morgan fingerprint density at radius 2 is 2.09 bits per heavy atom. The van der Waals surface area contributed by atoms with E-state index < -0.39 is 0 Å². The minimum absolute atomic E-state index is 0.122. The van der Waals surface area contributed by atoms with Gasteiger partial charge in [0.2, 0.25) is 0 Å². The van der Waals surface area contributed by atoms with Crippen molar-refractivity contribution in [1.29, 1.82) is 0 Å². The Balaban J connectivity index is 2.02. The van der Waals surface area contributed by atoms with E-state index in [-0.39, 0.29) is 6.10 Å². The van der Waals surface area contributed by atoms with Gasteiger partial charge in [-0.3, -0.25) is 0 Å². The molecule has 0 aliphatic carbocycles. The number of hydrogen-bond acceptors (Lipinski definition) is 3. The lowest BCUT2D eigenvalue weighted by molar-refractivity contribution is 0.182. The van der Waals surface area contributed by atoms with Crippen LogP contribution in [0.2, 0.25) is 0 Å². The zero-order chi connectivity index (χ0) is 15.5. The topological polar surface area (TPSA) is 44.5 Å². The van der Waals surface area contributed by atoms with Crippen molar-refractivity contribution >= 4 is 0 Å². The normalized spacial score (nSPS) is 16.8. The summed E-state index contributed by atoms with van der Waals surface area (Å²) < 4.78 is 11.7. The number of benzene rings is 2. The first-order valence-electron chi connectivity index (χ1n) is 7.95. The smallest absolute Gasteiger partial charge is 0.130 e. The molecule has 0 fully saturated rings. The monoisotopic (exact) mass is 297 g/mol. The SMILES string of the molecule is CCOc1ccc(-c2cccc3c2O[C@@H](CN)CC3)c(C)c1. The second kappa shape index (κ2) is 6.41. The quantitative estimate of drug-likeness (QED) is 0.935. The van der Waals surface area contributed by atoms with Gasteiger partial charge >= 0.3 is 0 Å². The molecule has 2 aromatic carbocycles. The fourth-order valence-electron chi connectivity index (χ4n) is 3.04. The molecule has 22 heavy (non-hydrogen) atoms. The molecule has 2 N–H and O–H groups in total. The summed E-state index contributed by atoms with van der Waals surface area (Å²) in [4.78, 5) is 0.